The predicted octanol–water partition coefficient (Wildman–Crippen LogP) is 1.99. The molecular formula is C5H11Cl2O4P. The maximum Gasteiger partial charge on any atom is 0.472 e. The molecule has 0 fully saturated rings. The van der Waals surface area contributed by atoms with Crippen LogP contribution in [-0.4, -0.2) is 29.9 Å². The zero-order valence-electron chi connectivity index (χ0n) is 6.41. The average molecular weight is 237 g/mol. The molecule has 12 heavy (non-hydrogen) atoms. The highest BCUT2D eigenvalue weighted by Crippen LogP contribution is 2.42. The van der Waals surface area contributed by atoms with E-state index < -0.39 is 7.82 Å². The molecule has 1 unspecified atom stereocenters. The second-order valence-corrected chi connectivity index (χ2v) is 4.08. The van der Waals surface area contributed by atoms with E-state index in [1.165, 1.54) is 0 Å². The van der Waals surface area contributed by atoms with Crippen molar-refractivity contribution in [3.63, 3.8) is 0 Å². The van der Waals surface area contributed by atoms with Crippen molar-refractivity contribution in [3.8, 4) is 0 Å². The number of alkyl halides is 2. The van der Waals surface area contributed by atoms with E-state index in [1.54, 1.807) is 0 Å². The zero-order valence-corrected chi connectivity index (χ0v) is 8.82. The molecule has 0 radical (unpaired) electrons. The Morgan fingerprint density at radius 2 is 1.75 bits per heavy atom. The molecule has 1 atom stereocenters. The van der Waals surface area contributed by atoms with Crippen LogP contribution in [0.2, 0.25) is 0 Å². The SMILES string of the molecule is O=P(O)(OCCCl)OCCCCl. The van der Waals surface area contributed by atoms with E-state index in [-0.39, 0.29) is 19.1 Å². The minimum atomic E-state index is -3.88. The van der Waals surface area contributed by atoms with Gasteiger partial charge in [-0.25, -0.2) is 4.57 Å². The Kier molecular flexibility index (Phi) is 7.54. The van der Waals surface area contributed by atoms with Crippen LogP contribution in [0.5, 0.6) is 0 Å². The Hall–Kier alpha value is 0.690. The number of halogens is 2. The lowest BCUT2D eigenvalue weighted by atomic mass is 10.5. The topological polar surface area (TPSA) is 55.8 Å². The van der Waals surface area contributed by atoms with Gasteiger partial charge in [0.15, 0.2) is 0 Å². The molecule has 0 amide bonds. The maximum absolute atomic E-state index is 10.9. The monoisotopic (exact) mass is 236 g/mol. The quantitative estimate of drug-likeness (QED) is 0.418. The van der Waals surface area contributed by atoms with Crippen LogP contribution in [0.3, 0.4) is 0 Å². The van der Waals surface area contributed by atoms with Crippen LogP contribution in [0, 0.1) is 0 Å². The highest BCUT2D eigenvalue weighted by molar-refractivity contribution is 7.47. The summed E-state index contributed by atoms with van der Waals surface area (Å²) in [6, 6.07) is 0. The Balaban J connectivity index is 3.49. The van der Waals surface area contributed by atoms with Crippen LogP contribution in [0.4, 0.5) is 0 Å². The van der Waals surface area contributed by atoms with Gasteiger partial charge in [0.05, 0.1) is 13.2 Å². The van der Waals surface area contributed by atoms with Crippen molar-refractivity contribution < 1.29 is 18.5 Å². The molecule has 0 aromatic heterocycles. The molecule has 0 aliphatic rings. The van der Waals surface area contributed by atoms with E-state index >= 15 is 0 Å². The van der Waals surface area contributed by atoms with E-state index in [9.17, 15) is 4.57 Å². The highest BCUT2D eigenvalue weighted by Gasteiger charge is 2.19. The van der Waals surface area contributed by atoms with Gasteiger partial charge in [-0.3, -0.25) is 9.05 Å². The van der Waals surface area contributed by atoms with Gasteiger partial charge in [-0.2, -0.15) is 0 Å². The van der Waals surface area contributed by atoms with Gasteiger partial charge in [0.1, 0.15) is 0 Å². The lowest BCUT2D eigenvalue weighted by molar-refractivity contribution is 0.156. The molecular weight excluding hydrogens is 226 g/mol. The molecule has 74 valence electrons. The third-order valence-electron chi connectivity index (χ3n) is 0.864. The predicted molar refractivity (Wildman–Crippen MR) is 47.8 cm³/mol. The fourth-order valence-corrected chi connectivity index (χ4v) is 1.47. The van der Waals surface area contributed by atoms with Gasteiger partial charge in [0.2, 0.25) is 0 Å². The Morgan fingerprint density at radius 3 is 2.25 bits per heavy atom. The summed E-state index contributed by atoms with van der Waals surface area (Å²) >= 11 is 10.6. The smallest absolute Gasteiger partial charge is 0.302 e. The van der Waals surface area contributed by atoms with Gasteiger partial charge >= 0.3 is 7.82 Å². The Bertz CT molecular complexity index is 154. The van der Waals surface area contributed by atoms with Crippen molar-refractivity contribution >= 4 is 31.0 Å². The highest BCUT2D eigenvalue weighted by atomic mass is 35.5. The summed E-state index contributed by atoms with van der Waals surface area (Å²) in [5.41, 5.74) is 0. The fourth-order valence-electron chi connectivity index (χ4n) is 0.422. The molecule has 0 saturated carbocycles. The van der Waals surface area contributed by atoms with Gasteiger partial charge in [-0.1, -0.05) is 0 Å². The van der Waals surface area contributed by atoms with E-state index in [4.69, 9.17) is 28.1 Å². The third kappa shape index (κ3) is 7.35. The van der Waals surface area contributed by atoms with E-state index in [0.717, 1.165) is 0 Å². The molecule has 4 nitrogen and oxygen atoms in total. The molecule has 0 rings (SSSR count). The van der Waals surface area contributed by atoms with Crippen molar-refractivity contribution in [2.75, 3.05) is 25.0 Å². The van der Waals surface area contributed by atoms with Crippen LogP contribution in [0.25, 0.3) is 0 Å². The first-order chi connectivity index (χ1) is 5.62. The third-order valence-corrected chi connectivity index (χ3v) is 2.30. The molecule has 0 heterocycles. The summed E-state index contributed by atoms with van der Waals surface area (Å²) in [7, 11) is -3.88. The first kappa shape index (κ1) is 12.7. The Labute approximate surface area is 81.4 Å². The number of rotatable bonds is 7. The summed E-state index contributed by atoms with van der Waals surface area (Å²) in [5, 5.41) is 0. The molecule has 0 aromatic carbocycles. The second-order valence-electron chi connectivity index (χ2n) is 1.87. The van der Waals surface area contributed by atoms with Crippen molar-refractivity contribution in [1.82, 2.24) is 0 Å². The molecule has 0 bridgehead atoms. The average Bonchev–Trinajstić information content (AvgIpc) is 2.01. The normalized spacial score (nSPS) is 15.9. The largest absolute Gasteiger partial charge is 0.472 e. The molecule has 1 N–H and O–H groups in total. The first-order valence-corrected chi connectivity index (χ1v) is 5.92. The first-order valence-electron chi connectivity index (χ1n) is 3.36. The van der Waals surface area contributed by atoms with Gasteiger partial charge in [-0.15, -0.1) is 23.2 Å². The number of phosphoric acid groups is 1. The Morgan fingerprint density at radius 1 is 1.17 bits per heavy atom. The number of phosphoric ester groups is 1. The van der Waals surface area contributed by atoms with Gasteiger partial charge in [0.25, 0.3) is 0 Å². The molecule has 0 aliphatic heterocycles. The van der Waals surface area contributed by atoms with Crippen LogP contribution >= 0.6 is 31.0 Å². The molecule has 0 aliphatic carbocycles. The molecule has 0 spiro atoms. The summed E-state index contributed by atoms with van der Waals surface area (Å²) in [4.78, 5) is 8.88. The lowest BCUT2D eigenvalue weighted by Gasteiger charge is -2.09. The van der Waals surface area contributed by atoms with Crippen LogP contribution in [-0.2, 0) is 13.6 Å². The summed E-state index contributed by atoms with van der Waals surface area (Å²) < 4.78 is 19.8. The van der Waals surface area contributed by atoms with Gasteiger partial charge < -0.3 is 4.89 Å². The summed E-state index contributed by atoms with van der Waals surface area (Å²) in [6.45, 7) is 0.107. The number of hydrogen-bond donors (Lipinski definition) is 1. The standard InChI is InChI=1S/C5H11Cl2O4P/c6-2-1-4-10-12(8,9)11-5-3-7/h1-5H2,(H,8,9). The minimum Gasteiger partial charge on any atom is -0.302 e. The minimum absolute atomic E-state index is 0.00376. The van der Waals surface area contributed by atoms with Crippen molar-refractivity contribution in [2.24, 2.45) is 0 Å². The van der Waals surface area contributed by atoms with Crippen molar-refractivity contribution in [2.45, 2.75) is 6.42 Å². The maximum atomic E-state index is 10.9. The fraction of sp³-hybridized carbons (Fsp3) is 1.00. The molecule has 7 heteroatoms. The van der Waals surface area contributed by atoms with Gasteiger partial charge in [0, 0.05) is 11.8 Å². The van der Waals surface area contributed by atoms with Crippen LogP contribution in [0.1, 0.15) is 6.42 Å². The lowest BCUT2D eigenvalue weighted by Crippen LogP contribution is -1.99. The summed E-state index contributed by atoms with van der Waals surface area (Å²) in [5.74, 6) is 0.541. The van der Waals surface area contributed by atoms with Gasteiger partial charge in [-0.05, 0) is 6.42 Å². The van der Waals surface area contributed by atoms with E-state index in [0.29, 0.717) is 12.3 Å². The molecule has 0 saturated heterocycles. The number of hydrogen-bond acceptors (Lipinski definition) is 3. The van der Waals surface area contributed by atoms with Crippen molar-refractivity contribution in [3.05, 3.63) is 0 Å². The molecule has 0 aromatic rings. The zero-order chi connectivity index (χ0) is 9.45. The van der Waals surface area contributed by atoms with E-state index in [2.05, 4.69) is 9.05 Å². The van der Waals surface area contributed by atoms with Crippen LogP contribution < -0.4 is 0 Å². The van der Waals surface area contributed by atoms with Crippen molar-refractivity contribution in [1.29, 1.82) is 0 Å². The second kappa shape index (κ2) is 7.13. The van der Waals surface area contributed by atoms with E-state index in [1.807, 2.05) is 0 Å². The van der Waals surface area contributed by atoms with Crippen LogP contribution in [0.15, 0.2) is 0 Å². The summed E-state index contributed by atoms with van der Waals surface area (Å²) in [6.07, 6.45) is 0.510.